The maximum atomic E-state index is 13.6. The zero-order valence-corrected chi connectivity index (χ0v) is 21.0. The van der Waals surface area contributed by atoms with E-state index in [0.717, 1.165) is 53.9 Å². The number of carbonyl (C=O) groups excluding carboxylic acids is 3. The first-order valence-electron chi connectivity index (χ1n) is 12.6. The molecule has 37 heavy (non-hydrogen) atoms. The molecule has 3 amide bonds. The van der Waals surface area contributed by atoms with Crippen molar-refractivity contribution in [2.24, 2.45) is 5.92 Å². The largest absolute Gasteiger partial charge is 0.361 e. The van der Waals surface area contributed by atoms with Crippen LogP contribution in [0.15, 0.2) is 48.7 Å². The van der Waals surface area contributed by atoms with Gasteiger partial charge in [0.1, 0.15) is 23.6 Å². The minimum absolute atomic E-state index is 0.0657. The zero-order chi connectivity index (χ0) is 26.5. The van der Waals surface area contributed by atoms with Crippen LogP contribution in [0.4, 0.5) is 8.78 Å². The highest BCUT2D eigenvalue weighted by atomic mass is 19.1. The lowest BCUT2D eigenvalue weighted by Crippen LogP contribution is -2.55. The highest BCUT2D eigenvalue weighted by molar-refractivity contribution is 6.01. The fraction of sp³-hybridized carbons (Fsp3) is 0.393. The van der Waals surface area contributed by atoms with Crippen molar-refractivity contribution in [1.82, 2.24) is 20.5 Å². The lowest BCUT2D eigenvalue weighted by Gasteiger charge is -2.36. The Morgan fingerprint density at radius 3 is 2.54 bits per heavy atom. The average molecular weight is 511 g/mol. The number of aromatic amines is 1. The molecule has 7 nitrogen and oxygen atoms in total. The summed E-state index contributed by atoms with van der Waals surface area (Å²) in [4.78, 5) is 44.4. The maximum Gasteiger partial charge on any atom is 0.245 e. The highest BCUT2D eigenvalue weighted by Crippen LogP contribution is 2.22. The number of para-hydroxylation sites is 1. The summed E-state index contributed by atoms with van der Waals surface area (Å²) in [5.41, 5.74) is 2.07. The van der Waals surface area contributed by atoms with Gasteiger partial charge in [-0.1, -0.05) is 18.2 Å². The number of hydrogen-bond donors (Lipinski definition) is 3. The minimum atomic E-state index is -1.12. The van der Waals surface area contributed by atoms with E-state index in [9.17, 15) is 23.2 Å². The van der Waals surface area contributed by atoms with Gasteiger partial charge in [-0.05, 0) is 62.4 Å². The first-order valence-corrected chi connectivity index (χ1v) is 12.6. The molecule has 0 spiro atoms. The Kier molecular flexibility index (Phi) is 8.21. The van der Waals surface area contributed by atoms with Gasteiger partial charge in [0, 0.05) is 48.7 Å². The monoisotopic (exact) mass is 510 g/mol. The molecule has 1 aliphatic heterocycles. The van der Waals surface area contributed by atoms with Gasteiger partial charge >= 0.3 is 0 Å². The Morgan fingerprint density at radius 2 is 1.81 bits per heavy atom. The summed E-state index contributed by atoms with van der Waals surface area (Å²) in [5.74, 6) is -3.98. The van der Waals surface area contributed by atoms with Crippen LogP contribution >= 0.6 is 0 Å². The number of nitrogens with one attached hydrogen (secondary N) is 3. The lowest BCUT2D eigenvalue weighted by atomic mass is 9.98. The van der Waals surface area contributed by atoms with Crippen molar-refractivity contribution in [3.63, 3.8) is 0 Å². The molecule has 0 bridgehead atoms. The molecule has 3 unspecified atom stereocenters. The molecule has 1 aliphatic rings. The van der Waals surface area contributed by atoms with Gasteiger partial charge in [0.25, 0.3) is 0 Å². The first kappa shape index (κ1) is 26.3. The highest BCUT2D eigenvalue weighted by Gasteiger charge is 2.33. The number of nitrogens with zero attached hydrogens (tertiary/aromatic N) is 1. The number of fused-ring (bicyclic) bond motifs is 1. The van der Waals surface area contributed by atoms with Gasteiger partial charge in [0.2, 0.25) is 17.7 Å². The van der Waals surface area contributed by atoms with Crippen LogP contribution in [-0.4, -0.2) is 46.2 Å². The van der Waals surface area contributed by atoms with Crippen molar-refractivity contribution in [3.05, 3.63) is 71.4 Å². The quantitative estimate of drug-likeness (QED) is 0.402. The third kappa shape index (κ3) is 6.34. The van der Waals surface area contributed by atoms with E-state index in [2.05, 4.69) is 15.6 Å². The molecule has 2 heterocycles. The van der Waals surface area contributed by atoms with Crippen LogP contribution in [0.25, 0.3) is 10.9 Å². The van der Waals surface area contributed by atoms with E-state index >= 15 is 0 Å². The van der Waals surface area contributed by atoms with Gasteiger partial charge in [0.15, 0.2) is 0 Å². The number of aromatic nitrogens is 1. The molecule has 3 aromatic rings. The van der Waals surface area contributed by atoms with Gasteiger partial charge in [-0.15, -0.1) is 0 Å². The predicted octanol–water partition coefficient (Wildman–Crippen LogP) is 3.83. The van der Waals surface area contributed by atoms with Crippen molar-refractivity contribution in [3.8, 4) is 0 Å². The van der Waals surface area contributed by atoms with Crippen LogP contribution in [0.1, 0.15) is 44.2 Å². The van der Waals surface area contributed by atoms with Crippen LogP contribution in [0, 0.1) is 17.6 Å². The average Bonchev–Trinajstić information content (AvgIpc) is 3.28. The second-order valence-electron chi connectivity index (χ2n) is 9.72. The first-order chi connectivity index (χ1) is 17.7. The molecular weight excluding hydrogens is 478 g/mol. The maximum absolute atomic E-state index is 13.6. The number of piperidine rings is 1. The normalized spacial score (nSPS) is 17.3. The Morgan fingerprint density at radius 1 is 1.08 bits per heavy atom. The molecule has 4 rings (SSSR count). The molecule has 196 valence electrons. The Hall–Kier alpha value is -3.75. The summed E-state index contributed by atoms with van der Waals surface area (Å²) in [5, 5.41) is 6.32. The molecule has 1 fully saturated rings. The number of hydrogen-bond acceptors (Lipinski definition) is 3. The number of benzene rings is 2. The second-order valence-corrected chi connectivity index (χ2v) is 9.72. The Bertz CT molecular complexity index is 1270. The summed E-state index contributed by atoms with van der Waals surface area (Å²) in [7, 11) is 0. The van der Waals surface area contributed by atoms with E-state index in [1.165, 1.54) is 6.92 Å². The molecule has 2 aromatic carbocycles. The number of likely N-dealkylation sites (tertiary alicyclic amines) is 1. The van der Waals surface area contributed by atoms with Crippen molar-refractivity contribution in [2.75, 3.05) is 6.54 Å². The zero-order valence-electron chi connectivity index (χ0n) is 21.0. The SMILES string of the molecule is CC(C(=O)NCc1cc(F)cc(F)c1)C(=O)NC(Cc1c[nH]c2ccccc12)C(=O)N1CCCCC1C. The summed E-state index contributed by atoms with van der Waals surface area (Å²) in [6.07, 6.45) is 4.97. The molecule has 0 saturated carbocycles. The summed E-state index contributed by atoms with van der Waals surface area (Å²) in [6, 6.07) is 9.93. The Labute approximate surface area is 214 Å². The van der Waals surface area contributed by atoms with Crippen molar-refractivity contribution in [2.45, 2.75) is 58.2 Å². The van der Waals surface area contributed by atoms with E-state index in [1.807, 2.05) is 42.3 Å². The third-order valence-electron chi connectivity index (χ3n) is 6.98. The van der Waals surface area contributed by atoms with Crippen molar-refractivity contribution < 1.29 is 23.2 Å². The number of halogens is 2. The van der Waals surface area contributed by atoms with Gasteiger partial charge in [0.05, 0.1) is 0 Å². The molecule has 0 radical (unpaired) electrons. The molecular formula is C28H32F2N4O3. The van der Waals surface area contributed by atoms with E-state index < -0.39 is 35.4 Å². The molecule has 3 atom stereocenters. The van der Waals surface area contributed by atoms with Crippen LogP contribution < -0.4 is 10.6 Å². The van der Waals surface area contributed by atoms with Gasteiger partial charge in [-0.2, -0.15) is 0 Å². The van der Waals surface area contributed by atoms with Crippen molar-refractivity contribution >= 4 is 28.6 Å². The molecule has 1 aromatic heterocycles. The second kappa shape index (κ2) is 11.5. The summed E-state index contributed by atoms with van der Waals surface area (Å²) in [6.45, 7) is 3.94. The van der Waals surface area contributed by atoms with Gasteiger partial charge < -0.3 is 20.5 Å². The van der Waals surface area contributed by atoms with E-state index in [0.29, 0.717) is 6.54 Å². The van der Waals surface area contributed by atoms with Gasteiger partial charge in [-0.25, -0.2) is 8.78 Å². The van der Waals surface area contributed by atoms with Crippen LogP contribution in [0.2, 0.25) is 0 Å². The predicted molar refractivity (Wildman–Crippen MR) is 136 cm³/mol. The smallest absolute Gasteiger partial charge is 0.245 e. The minimum Gasteiger partial charge on any atom is -0.361 e. The third-order valence-corrected chi connectivity index (χ3v) is 6.98. The van der Waals surface area contributed by atoms with Crippen LogP contribution in [0.5, 0.6) is 0 Å². The standard InChI is InChI=1S/C28H32F2N4O3/c1-17-7-5-6-10-34(17)28(37)25(13-20-16-31-24-9-4-3-8-23(20)24)33-27(36)18(2)26(35)32-15-19-11-21(29)14-22(30)12-19/h3-4,8-9,11-12,14,16-18,25,31H,5-7,10,13,15H2,1-2H3,(H,32,35)(H,33,36). The lowest BCUT2D eigenvalue weighted by molar-refractivity contribution is -0.142. The topological polar surface area (TPSA) is 94.3 Å². The van der Waals surface area contributed by atoms with Crippen LogP contribution in [0.3, 0.4) is 0 Å². The van der Waals surface area contributed by atoms with Crippen molar-refractivity contribution in [1.29, 1.82) is 0 Å². The number of rotatable bonds is 8. The van der Waals surface area contributed by atoms with E-state index in [-0.39, 0.29) is 30.5 Å². The number of carbonyl (C=O) groups is 3. The number of H-pyrrole nitrogens is 1. The van der Waals surface area contributed by atoms with Gasteiger partial charge in [-0.3, -0.25) is 14.4 Å². The number of amides is 3. The molecule has 0 aliphatic carbocycles. The van der Waals surface area contributed by atoms with E-state index in [4.69, 9.17) is 0 Å². The molecule has 9 heteroatoms. The fourth-order valence-electron chi connectivity index (χ4n) is 4.82. The summed E-state index contributed by atoms with van der Waals surface area (Å²) >= 11 is 0. The fourth-order valence-corrected chi connectivity index (χ4v) is 4.82. The van der Waals surface area contributed by atoms with Crippen LogP contribution in [-0.2, 0) is 27.3 Å². The molecule has 3 N–H and O–H groups in total. The molecule has 1 saturated heterocycles. The van der Waals surface area contributed by atoms with E-state index in [1.54, 1.807) is 0 Å². The Balaban J connectivity index is 1.47. The summed E-state index contributed by atoms with van der Waals surface area (Å²) < 4.78 is 26.9.